The van der Waals surface area contributed by atoms with E-state index in [0.717, 1.165) is 6.07 Å². The number of fused-ring (bicyclic) bond motifs is 1. The summed E-state index contributed by atoms with van der Waals surface area (Å²) in [6, 6.07) is 8.16. The topological polar surface area (TPSA) is 84.8 Å². The zero-order valence-electron chi connectivity index (χ0n) is 14.4. The van der Waals surface area contributed by atoms with Crippen molar-refractivity contribution in [3.8, 4) is 0 Å². The van der Waals surface area contributed by atoms with E-state index in [4.69, 9.17) is 4.74 Å². The lowest BCUT2D eigenvalue weighted by Crippen LogP contribution is -2.27. The fraction of sp³-hybridized carbons (Fsp3) is 0.222. The maximum Gasteiger partial charge on any atom is 0.331 e. The number of aliphatic imine (C=N–C) groups is 1. The van der Waals surface area contributed by atoms with Gasteiger partial charge in [0, 0.05) is 17.2 Å². The van der Waals surface area contributed by atoms with E-state index in [1.54, 1.807) is 18.2 Å². The molecule has 0 aromatic heterocycles. The average Bonchev–Trinajstić information content (AvgIpc) is 2.85. The first-order valence-corrected chi connectivity index (χ1v) is 9.53. The van der Waals surface area contributed by atoms with E-state index in [1.807, 2.05) is 0 Å². The van der Waals surface area contributed by atoms with Gasteiger partial charge in [0.2, 0.25) is 0 Å². The molecule has 0 radical (unpaired) electrons. The number of benzene rings is 2. The van der Waals surface area contributed by atoms with Gasteiger partial charge in [-0.1, -0.05) is 12.1 Å². The Balaban J connectivity index is 1.78. The molecule has 0 aliphatic carbocycles. The average molecular weight is 394 g/mol. The van der Waals surface area contributed by atoms with Gasteiger partial charge in [0.25, 0.3) is 10.0 Å². The SMILES string of the molecule is CC(OC(=O)[C@H](C)N=C1NS(=O)(=O)c2ccccc21)c1ccc(F)cc1F. The van der Waals surface area contributed by atoms with Crippen LogP contribution in [-0.2, 0) is 19.6 Å². The van der Waals surface area contributed by atoms with Gasteiger partial charge in [-0.25, -0.2) is 22.0 Å². The van der Waals surface area contributed by atoms with Crippen molar-refractivity contribution in [3.63, 3.8) is 0 Å². The lowest BCUT2D eigenvalue weighted by atomic mass is 10.1. The Bertz CT molecular complexity index is 1040. The van der Waals surface area contributed by atoms with Crippen molar-refractivity contribution in [2.24, 2.45) is 4.99 Å². The lowest BCUT2D eigenvalue weighted by molar-refractivity contribution is -0.149. The minimum Gasteiger partial charge on any atom is -0.456 e. The molecule has 9 heteroatoms. The molecule has 1 N–H and O–H groups in total. The van der Waals surface area contributed by atoms with Crippen LogP contribution in [0.5, 0.6) is 0 Å². The van der Waals surface area contributed by atoms with Crippen LogP contribution >= 0.6 is 0 Å². The Morgan fingerprint density at radius 3 is 2.56 bits per heavy atom. The first-order valence-electron chi connectivity index (χ1n) is 8.04. The quantitative estimate of drug-likeness (QED) is 0.808. The molecular weight excluding hydrogens is 378 g/mol. The molecule has 0 amide bonds. The Kier molecular flexibility index (Phi) is 4.97. The largest absolute Gasteiger partial charge is 0.456 e. The van der Waals surface area contributed by atoms with Gasteiger partial charge in [-0.2, -0.15) is 0 Å². The van der Waals surface area contributed by atoms with Crippen molar-refractivity contribution in [2.45, 2.75) is 30.9 Å². The van der Waals surface area contributed by atoms with E-state index in [-0.39, 0.29) is 16.3 Å². The number of carbonyl (C=O) groups is 1. The van der Waals surface area contributed by atoms with E-state index in [9.17, 15) is 22.0 Å². The number of nitrogens with one attached hydrogen (secondary N) is 1. The molecule has 2 aromatic rings. The molecular formula is C18H16F2N2O4S. The number of hydrogen-bond acceptors (Lipinski definition) is 5. The van der Waals surface area contributed by atoms with Crippen molar-refractivity contribution in [3.05, 3.63) is 65.2 Å². The van der Waals surface area contributed by atoms with E-state index in [0.29, 0.717) is 11.6 Å². The van der Waals surface area contributed by atoms with Crippen LogP contribution in [0.15, 0.2) is 52.4 Å². The van der Waals surface area contributed by atoms with Gasteiger partial charge in [0.15, 0.2) is 0 Å². The number of carbonyl (C=O) groups excluding carboxylic acids is 1. The number of esters is 1. The van der Waals surface area contributed by atoms with Crippen LogP contribution in [0.4, 0.5) is 8.78 Å². The summed E-state index contributed by atoms with van der Waals surface area (Å²) in [6.45, 7) is 2.87. The van der Waals surface area contributed by atoms with Crippen LogP contribution < -0.4 is 4.72 Å². The summed E-state index contributed by atoms with van der Waals surface area (Å²) >= 11 is 0. The molecule has 1 aliphatic heterocycles. The molecule has 1 aliphatic rings. The standard InChI is InChI=1S/C18H16F2N2O4S/c1-10(18(23)26-11(2)13-8-7-12(19)9-15(13)20)21-17-14-5-3-4-6-16(14)27(24,25)22-17/h3-11H,1-2H3,(H,21,22)/t10-,11?/m0/s1. The van der Waals surface area contributed by atoms with Crippen LogP contribution in [0.3, 0.4) is 0 Å². The summed E-state index contributed by atoms with van der Waals surface area (Å²) in [5, 5.41) is 0. The lowest BCUT2D eigenvalue weighted by Gasteiger charge is -2.16. The molecule has 0 spiro atoms. The number of ether oxygens (including phenoxy) is 1. The fourth-order valence-corrected chi connectivity index (χ4v) is 3.88. The van der Waals surface area contributed by atoms with Crippen LogP contribution in [0, 0.1) is 11.6 Å². The second-order valence-corrected chi connectivity index (χ2v) is 7.65. The van der Waals surface area contributed by atoms with Crippen molar-refractivity contribution >= 4 is 21.8 Å². The van der Waals surface area contributed by atoms with Crippen molar-refractivity contribution < 1.29 is 26.7 Å². The summed E-state index contributed by atoms with van der Waals surface area (Å²) in [4.78, 5) is 16.4. The summed E-state index contributed by atoms with van der Waals surface area (Å²) in [5.74, 6) is -2.30. The van der Waals surface area contributed by atoms with Crippen molar-refractivity contribution in [1.29, 1.82) is 0 Å². The zero-order valence-corrected chi connectivity index (χ0v) is 15.3. The van der Waals surface area contributed by atoms with Gasteiger partial charge in [-0.05, 0) is 38.1 Å². The minimum atomic E-state index is -3.72. The Morgan fingerprint density at radius 1 is 1.15 bits per heavy atom. The summed E-state index contributed by atoms with van der Waals surface area (Å²) < 4.78 is 58.4. The van der Waals surface area contributed by atoms with Gasteiger partial charge in [-0.3, -0.25) is 9.71 Å². The van der Waals surface area contributed by atoms with E-state index >= 15 is 0 Å². The fourth-order valence-electron chi connectivity index (χ4n) is 2.64. The number of rotatable bonds is 4. The zero-order chi connectivity index (χ0) is 19.8. The van der Waals surface area contributed by atoms with Crippen molar-refractivity contribution in [2.75, 3.05) is 0 Å². The molecule has 0 fully saturated rings. The molecule has 142 valence electrons. The van der Waals surface area contributed by atoms with Crippen molar-refractivity contribution in [1.82, 2.24) is 4.72 Å². The number of hydrogen-bond donors (Lipinski definition) is 1. The second-order valence-electron chi connectivity index (χ2n) is 6.00. The molecule has 6 nitrogen and oxygen atoms in total. The molecule has 1 unspecified atom stereocenters. The Hall–Kier alpha value is -2.81. The highest BCUT2D eigenvalue weighted by molar-refractivity contribution is 7.90. The van der Waals surface area contributed by atoms with Crippen LogP contribution in [0.1, 0.15) is 31.1 Å². The summed E-state index contributed by atoms with van der Waals surface area (Å²) in [5.41, 5.74) is 0.381. The van der Waals surface area contributed by atoms with Gasteiger partial charge < -0.3 is 4.74 Å². The van der Waals surface area contributed by atoms with E-state index in [1.165, 1.54) is 26.0 Å². The first-order chi connectivity index (χ1) is 12.7. The minimum absolute atomic E-state index is 0.0246. The predicted octanol–water partition coefficient (Wildman–Crippen LogP) is 2.70. The third-order valence-corrected chi connectivity index (χ3v) is 5.42. The molecule has 3 rings (SSSR count). The predicted molar refractivity (Wildman–Crippen MR) is 93.6 cm³/mol. The molecule has 2 atom stereocenters. The highest BCUT2D eigenvalue weighted by Gasteiger charge is 2.31. The molecule has 0 saturated carbocycles. The third-order valence-electron chi connectivity index (χ3n) is 4.02. The molecule has 27 heavy (non-hydrogen) atoms. The number of halogens is 2. The second kappa shape index (κ2) is 7.07. The number of amidine groups is 1. The number of sulfonamides is 1. The Morgan fingerprint density at radius 2 is 1.85 bits per heavy atom. The smallest absolute Gasteiger partial charge is 0.331 e. The highest BCUT2D eigenvalue weighted by atomic mass is 32.2. The maximum absolute atomic E-state index is 13.8. The molecule has 2 aromatic carbocycles. The Labute approximate surface area is 154 Å². The van der Waals surface area contributed by atoms with Gasteiger partial charge >= 0.3 is 5.97 Å². The highest BCUT2D eigenvalue weighted by Crippen LogP contribution is 2.24. The maximum atomic E-state index is 13.8. The van der Waals surface area contributed by atoms with Gasteiger partial charge in [0.05, 0.1) is 4.90 Å². The molecule has 0 saturated heterocycles. The van der Waals surface area contributed by atoms with Crippen LogP contribution in [-0.4, -0.2) is 26.3 Å². The van der Waals surface area contributed by atoms with E-state index < -0.39 is 39.8 Å². The first kappa shape index (κ1) is 19.0. The van der Waals surface area contributed by atoms with Crippen LogP contribution in [0.2, 0.25) is 0 Å². The molecule has 1 heterocycles. The van der Waals surface area contributed by atoms with Crippen LogP contribution in [0.25, 0.3) is 0 Å². The van der Waals surface area contributed by atoms with Gasteiger partial charge in [-0.15, -0.1) is 0 Å². The monoisotopic (exact) mass is 394 g/mol. The normalized spacial score (nSPS) is 18.4. The van der Waals surface area contributed by atoms with Gasteiger partial charge in [0.1, 0.15) is 29.6 Å². The summed E-state index contributed by atoms with van der Waals surface area (Å²) in [7, 11) is -3.72. The molecule has 0 bridgehead atoms. The third kappa shape index (κ3) is 3.82. The summed E-state index contributed by atoms with van der Waals surface area (Å²) in [6.07, 6.45) is -0.965. The van der Waals surface area contributed by atoms with E-state index in [2.05, 4.69) is 9.71 Å². The number of nitrogens with zero attached hydrogens (tertiary/aromatic N) is 1.